The molecule has 0 saturated carbocycles. The summed E-state index contributed by atoms with van der Waals surface area (Å²) >= 11 is 0. The summed E-state index contributed by atoms with van der Waals surface area (Å²) < 4.78 is 1.40. The van der Waals surface area contributed by atoms with Gasteiger partial charge in [-0.15, -0.1) is 0 Å². The highest BCUT2D eigenvalue weighted by Gasteiger charge is 2.25. The van der Waals surface area contributed by atoms with E-state index in [9.17, 15) is 19.5 Å². The molecule has 0 spiro atoms. The molecule has 112 valence electrons. The smallest absolute Gasteiger partial charge is 0.337 e. The lowest BCUT2D eigenvalue weighted by atomic mass is 9.97. The molecule has 1 aromatic carbocycles. The summed E-state index contributed by atoms with van der Waals surface area (Å²) in [6, 6.07) is 4.63. The summed E-state index contributed by atoms with van der Waals surface area (Å²) in [6.45, 7) is 5.72. The van der Waals surface area contributed by atoms with Crippen molar-refractivity contribution in [2.75, 3.05) is 0 Å². The lowest BCUT2D eigenvalue weighted by molar-refractivity contribution is 0.0698. The Morgan fingerprint density at radius 3 is 2.57 bits per heavy atom. The van der Waals surface area contributed by atoms with Crippen molar-refractivity contribution in [3.05, 3.63) is 44.5 Å². The van der Waals surface area contributed by atoms with E-state index in [1.807, 2.05) is 20.8 Å². The fourth-order valence-corrected chi connectivity index (χ4v) is 2.74. The van der Waals surface area contributed by atoms with Gasteiger partial charge >= 0.3 is 17.1 Å². The fraction of sp³-hybridized carbons (Fsp3) is 0.400. The number of carbonyl (C=O) groups is 1. The van der Waals surface area contributed by atoms with Crippen molar-refractivity contribution >= 4 is 17.0 Å². The molecule has 2 aromatic rings. The molecule has 21 heavy (non-hydrogen) atoms. The minimum absolute atomic E-state index is 0.0225. The first-order valence-electron chi connectivity index (χ1n) is 6.81. The van der Waals surface area contributed by atoms with Crippen LogP contribution >= 0.6 is 0 Å². The molecule has 0 aliphatic carbocycles. The van der Waals surface area contributed by atoms with Crippen molar-refractivity contribution in [1.82, 2.24) is 9.55 Å². The van der Waals surface area contributed by atoms with Gasteiger partial charge in [-0.3, -0.25) is 14.2 Å². The number of para-hydroxylation sites is 1. The van der Waals surface area contributed by atoms with E-state index in [0.717, 1.165) is 6.42 Å². The van der Waals surface area contributed by atoms with E-state index in [-0.39, 0.29) is 11.1 Å². The van der Waals surface area contributed by atoms with Crippen LogP contribution < -0.4 is 11.1 Å². The molecule has 0 unspecified atom stereocenters. The van der Waals surface area contributed by atoms with Crippen molar-refractivity contribution in [2.45, 2.75) is 39.2 Å². The normalized spacial score (nSPS) is 11.8. The minimum atomic E-state index is -1.14. The minimum Gasteiger partial charge on any atom is -0.478 e. The van der Waals surface area contributed by atoms with Crippen LogP contribution in [0.1, 0.15) is 44.0 Å². The molecule has 0 atom stereocenters. The molecule has 0 radical (unpaired) electrons. The van der Waals surface area contributed by atoms with E-state index in [4.69, 9.17) is 0 Å². The third-order valence-electron chi connectivity index (χ3n) is 3.62. The molecule has 1 aromatic heterocycles. The Hall–Kier alpha value is -2.37. The first kappa shape index (κ1) is 15.0. The van der Waals surface area contributed by atoms with Crippen molar-refractivity contribution < 1.29 is 9.90 Å². The maximum absolute atomic E-state index is 12.3. The third-order valence-corrected chi connectivity index (χ3v) is 3.62. The molecule has 2 N–H and O–H groups in total. The van der Waals surface area contributed by atoms with E-state index < -0.39 is 22.6 Å². The Labute approximate surface area is 121 Å². The number of rotatable bonds is 4. The first-order chi connectivity index (χ1) is 9.79. The molecule has 1 heterocycles. The van der Waals surface area contributed by atoms with Gasteiger partial charge in [0, 0.05) is 5.54 Å². The van der Waals surface area contributed by atoms with Gasteiger partial charge in [-0.2, -0.15) is 0 Å². The van der Waals surface area contributed by atoms with Crippen LogP contribution in [0.5, 0.6) is 0 Å². The summed E-state index contributed by atoms with van der Waals surface area (Å²) in [7, 11) is 0. The number of aromatic nitrogens is 2. The van der Waals surface area contributed by atoms with Crippen molar-refractivity contribution in [3.8, 4) is 0 Å². The quantitative estimate of drug-likeness (QED) is 0.841. The van der Waals surface area contributed by atoms with E-state index >= 15 is 0 Å². The molecular formula is C15H18N2O4. The zero-order valence-electron chi connectivity index (χ0n) is 12.3. The summed E-state index contributed by atoms with van der Waals surface area (Å²) in [4.78, 5) is 37.8. The molecule has 0 aliphatic heterocycles. The maximum Gasteiger partial charge on any atom is 0.337 e. The molecule has 0 fully saturated rings. The number of nitrogens with one attached hydrogen (secondary N) is 1. The van der Waals surface area contributed by atoms with E-state index in [2.05, 4.69) is 4.98 Å². The molecule has 6 heteroatoms. The summed E-state index contributed by atoms with van der Waals surface area (Å²) in [5.74, 6) is -1.14. The Balaban J connectivity index is 2.97. The number of aromatic carboxylic acids is 1. The molecule has 2 rings (SSSR count). The molecule has 6 nitrogen and oxygen atoms in total. The van der Waals surface area contributed by atoms with Crippen LogP contribution in [0.3, 0.4) is 0 Å². The van der Waals surface area contributed by atoms with Crippen molar-refractivity contribution in [1.29, 1.82) is 0 Å². The van der Waals surface area contributed by atoms with Gasteiger partial charge in [0.25, 0.3) is 0 Å². The Kier molecular flexibility index (Phi) is 3.72. The number of carboxylic acids is 1. The van der Waals surface area contributed by atoms with E-state index in [1.165, 1.54) is 10.6 Å². The van der Waals surface area contributed by atoms with Crippen LogP contribution in [0.15, 0.2) is 27.8 Å². The highest BCUT2D eigenvalue weighted by molar-refractivity contribution is 6.00. The lowest BCUT2D eigenvalue weighted by Gasteiger charge is -2.28. The van der Waals surface area contributed by atoms with Crippen LogP contribution in [0.25, 0.3) is 11.0 Å². The average molecular weight is 290 g/mol. The standard InChI is InChI=1S/C15H18N2O4/c1-4-8-15(2,3)17-10-7-5-6-9(14(20)21)11(10)16-12(18)13(17)19/h5-7H,4,8H2,1-3H3,(H,16,18)(H,20,21). The number of hydrogen-bond donors (Lipinski definition) is 2. The number of fused-ring (bicyclic) bond motifs is 1. The van der Waals surface area contributed by atoms with Gasteiger partial charge in [-0.25, -0.2) is 4.79 Å². The van der Waals surface area contributed by atoms with Crippen molar-refractivity contribution in [2.24, 2.45) is 0 Å². The van der Waals surface area contributed by atoms with Crippen LogP contribution in [0, 0.1) is 0 Å². The Bertz CT molecular complexity index is 815. The van der Waals surface area contributed by atoms with Crippen LogP contribution in [-0.4, -0.2) is 20.6 Å². The molecule has 0 amide bonds. The number of aromatic amines is 1. The number of hydrogen-bond acceptors (Lipinski definition) is 3. The van der Waals surface area contributed by atoms with Crippen LogP contribution in [0.4, 0.5) is 0 Å². The van der Waals surface area contributed by atoms with E-state index in [0.29, 0.717) is 11.9 Å². The van der Waals surface area contributed by atoms with Gasteiger partial charge < -0.3 is 10.1 Å². The van der Waals surface area contributed by atoms with Gasteiger partial charge in [0.2, 0.25) is 0 Å². The molecule has 0 saturated heterocycles. The zero-order chi connectivity index (χ0) is 15.8. The molecule has 0 aliphatic rings. The Morgan fingerprint density at radius 2 is 2.00 bits per heavy atom. The summed E-state index contributed by atoms with van der Waals surface area (Å²) in [5.41, 5.74) is -1.46. The largest absolute Gasteiger partial charge is 0.478 e. The number of carboxylic acid groups (broad SMARTS) is 1. The number of nitrogens with zero attached hydrogens (tertiary/aromatic N) is 1. The summed E-state index contributed by atoms with van der Waals surface area (Å²) in [5, 5.41) is 9.23. The SMILES string of the molecule is CCCC(C)(C)n1c(=O)c(=O)[nH]c2c(C(=O)O)cccc21. The second-order valence-corrected chi connectivity index (χ2v) is 5.66. The van der Waals surface area contributed by atoms with Gasteiger partial charge in [0.05, 0.1) is 16.6 Å². The van der Waals surface area contributed by atoms with Crippen molar-refractivity contribution in [3.63, 3.8) is 0 Å². The predicted octanol–water partition coefficient (Wildman–Crippen LogP) is 1.92. The molecular weight excluding hydrogens is 272 g/mol. The average Bonchev–Trinajstić information content (AvgIpc) is 2.38. The number of benzene rings is 1. The topological polar surface area (TPSA) is 92.2 Å². The Morgan fingerprint density at radius 1 is 1.33 bits per heavy atom. The fourth-order valence-electron chi connectivity index (χ4n) is 2.74. The van der Waals surface area contributed by atoms with Gasteiger partial charge in [-0.05, 0) is 32.4 Å². The molecule has 0 bridgehead atoms. The summed E-state index contributed by atoms with van der Waals surface area (Å²) in [6.07, 6.45) is 1.54. The maximum atomic E-state index is 12.3. The van der Waals surface area contributed by atoms with Gasteiger partial charge in [0.15, 0.2) is 0 Å². The third kappa shape index (κ3) is 2.49. The lowest BCUT2D eigenvalue weighted by Crippen LogP contribution is -2.44. The van der Waals surface area contributed by atoms with Gasteiger partial charge in [0.1, 0.15) is 0 Å². The number of H-pyrrole nitrogens is 1. The van der Waals surface area contributed by atoms with Gasteiger partial charge in [-0.1, -0.05) is 19.4 Å². The highest BCUT2D eigenvalue weighted by Crippen LogP contribution is 2.24. The highest BCUT2D eigenvalue weighted by atomic mass is 16.4. The van der Waals surface area contributed by atoms with Crippen LogP contribution in [-0.2, 0) is 5.54 Å². The van der Waals surface area contributed by atoms with E-state index in [1.54, 1.807) is 12.1 Å². The van der Waals surface area contributed by atoms with Crippen LogP contribution in [0.2, 0.25) is 0 Å². The predicted molar refractivity (Wildman–Crippen MR) is 80.0 cm³/mol. The monoisotopic (exact) mass is 290 g/mol. The zero-order valence-corrected chi connectivity index (χ0v) is 12.3. The second kappa shape index (κ2) is 5.20. The first-order valence-corrected chi connectivity index (χ1v) is 6.81. The second-order valence-electron chi connectivity index (χ2n) is 5.66.